The molecule has 1 fully saturated rings. The van der Waals surface area contributed by atoms with Crippen molar-refractivity contribution < 1.29 is 14.0 Å². The molecule has 1 aliphatic heterocycles. The number of amides is 2. The fourth-order valence-corrected chi connectivity index (χ4v) is 6.02. The SMILES string of the molecule is CSc1ccc(CC(=O)N2CCC(c3nc(C(=O)NCCSCc4ccco4)cs3)CC2)cc1. The molecule has 1 N–H and O–H groups in total. The van der Waals surface area contributed by atoms with Crippen LogP contribution in [0.25, 0.3) is 0 Å². The van der Waals surface area contributed by atoms with Crippen LogP contribution in [0.4, 0.5) is 0 Å². The largest absolute Gasteiger partial charge is 0.468 e. The molecule has 34 heavy (non-hydrogen) atoms. The van der Waals surface area contributed by atoms with Crippen molar-refractivity contribution in [2.24, 2.45) is 0 Å². The van der Waals surface area contributed by atoms with Gasteiger partial charge in [0.25, 0.3) is 5.91 Å². The molecule has 2 amide bonds. The maximum atomic E-state index is 12.7. The van der Waals surface area contributed by atoms with Crippen LogP contribution >= 0.6 is 34.9 Å². The normalized spacial score (nSPS) is 14.3. The van der Waals surface area contributed by atoms with Gasteiger partial charge < -0.3 is 14.6 Å². The summed E-state index contributed by atoms with van der Waals surface area (Å²) < 4.78 is 5.31. The van der Waals surface area contributed by atoms with Gasteiger partial charge in [-0.2, -0.15) is 11.8 Å². The van der Waals surface area contributed by atoms with Gasteiger partial charge in [0.2, 0.25) is 5.91 Å². The van der Waals surface area contributed by atoms with E-state index in [0.717, 1.165) is 53.8 Å². The van der Waals surface area contributed by atoms with E-state index in [1.165, 1.54) is 4.90 Å². The molecule has 0 radical (unpaired) electrons. The fraction of sp³-hybridized carbons (Fsp3) is 0.400. The highest BCUT2D eigenvalue weighted by molar-refractivity contribution is 7.98. The van der Waals surface area contributed by atoms with Gasteiger partial charge in [-0.3, -0.25) is 9.59 Å². The second kappa shape index (κ2) is 12.5. The Kier molecular flexibility index (Phi) is 9.12. The number of rotatable bonds is 10. The average Bonchev–Trinajstić information content (AvgIpc) is 3.57. The number of carbonyl (C=O) groups excluding carboxylic acids is 2. The number of hydrogen-bond donors (Lipinski definition) is 1. The van der Waals surface area contributed by atoms with Crippen LogP contribution in [-0.2, 0) is 17.0 Å². The Morgan fingerprint density at radius 1 is 1.21 bits per heavy atom. The summed E-state index contributed by atoms with van der Waals surface area (Å²) in [7, 11) is 0. The molecule has 9 heteroatoms. The molecule has 4 rings (SSSR count). The lowest BCUT2D eigenvalue weighted by Crippen LogP contribution is -2.38. The summed E-state index contributed by atoms with van der Waals surface area (Å²) in [6.07, 6.45) is 5.93. The predicted octanol–water partition coefficient (Wildman–Crippen LogP) is 5.07. The summed E-state index contributed by atoms with van der Waals surface area (Å²) in [4.78, 5) is 32.9. The first-order chi connectivity index (χ1) is 16.6. The molecular weight excluding hydrogens is 486 g/mol. The summed E-state index contributed by atoms with van der Waals surface area (Å²) in [5.74, 6) is 2.92. The number of aromatic nitrogens is 1. The summed E-state index contributed by atoms with van der Waals surface area (Å²) >= 11 is 4.97. The Morgan fingerprint density at radius 3 is 2.71 bits per heavy atom. The highest BCUT2D eigenvalue weighted by Gasteiger charge is 2.26. The molecule has 0 unspecified atom stereocenters. The molecule has 3 aromatic rings. The number of nitrogens with zero attached hydrogens (tertiary/aromatic N) is 2. The number of hydrogen-bond acceptors (Lipinski definition) is 7. The van der Waals surface area contributed by atoms with Gasteiger partial charge in [-0.1, -0.05) is 12.1 Å². The van der Waals surface area contributed by atoms with Gasteiger partial charge in [0.05, 0.1) is 23.4 Å². The van der Waals surface area contributed by atoms with Crippen LogP contribution < -0.4 is 5.32 Å². The molecule has 0 saturated carbocycles. The van der Waals surface area contributed by atoms with Crippen molar-refractivity contribution in [3.8, 4) is 0 Å². The second-order valence-corrected chi connectivity index (χ2v) is 11.0. The topological polar surface area (TPSA) is 75.4 Å². The number of likely N-dealkylation sites (tertiary alicyclic amines) is 1. The Morgan fingerprint density at radius 2 is 2.00 bits per heavy atom. The van der Waals surface area contributed by atoms with Gasteiger partial charge >= 0.3 is 0 Å². The molecule has 0 atom stereocenters. The van der Waals surface area contributed by atoms with Crippen molar-refractivity contribution in [3.63, 3.8) is 0 Å². The van der Waals surface area contributed by atoms with Gasteiger partial charge in [-0.05, 0) is 48.9 Å². The van der Waals surface area contributed by atoms with Crippen LogP contribution in [0.3, 0.4) is 0 Å². The third kappa shape index (κ3) is 6.90. The smallest absolute Gasteiger partial charge is 0.270 e. The maximum absolute atomic E-state index is 12.7. The average molecular weight is 516 g/mol. The van der Waals surface area contributed by atoms with E-state index in [1.54, 1.807) is 41.1 Å². The van der Waals surface area contributed by atoms with Gasteiger partial charge in [0.15, 0.2) is 0 Å². The highest BCUT2D eigenvalue weighted by Crippen LogP contribution is 2.30. The van der Waals surface area contributed by atoms with E-state index < -0.39 is 0 Å². The van der Waals surface area contributed by atoms with Crippen molar-refractivity contribution in [2.45, 2.75) is 35.8 Å². The maximum Gasteiger partial charge on any atom is 0.270 e. The van der Waals surface area contributed by atoms with E-state index in [4.69, 9.17) is 4.42 Å². The standard InChI is InChI=1S/C25H29N3O3S3/c1-32-21-6-4-18(5-7-21)15-23(29)28-11-8-19(9-12-28)25-27-22(17-34-25)24(30)26-10-14-33-16-20-3-2-13-31-20/h2-7,13,17,19H,8-12,14-16H2,1H3,(H,26,30). The molecule has 1 aliphatic rings. The van der Waals surface area contributed by atoms with Crippen molar-refractivity contribution in [1.29, 1.82) is 0 Å². The van der Waals surface area contributed by atoms with Crippen LogP contribution in [0.5, 0.6) is 0 Å². The molecule has 0 spiro atoms. The van der Waals surface area contributed by atoms with Crippen molar-refractivity contribution in [1.82, 2.24) is 15.2 Å². The second-order valence-electron chi connectivity index (χ2n) is 8.14. The monoisotopic (exact) mass is 515 g/mol. The molecule has 0 bridgehead atoms. The Hall–Kier alpha value is -2.23. The highest BCUT2D eigenvalue weighted by atomic mass is 32.2. The van der Waals surface area contributed by atoms with Crippen molar-refractivity contribution in [2.75, 3.05) is 31.6 Å². The zero-order valence-electron chi connectivity index (χ0n) is 19.2. The first kappa shape index (κ1) is 24.9. The Bertz CT molecular complexity index is 1060. The van der Waals surface area contributed by atoms with Gasteiger partial charge in [0, 0.05) is 41.6 Å². The molecule has 180 valence electrons. The molecular formula is C25H29N3O3S3. The first-order valence-corrected chi connectivity index (χ1v) is 14.6. The lowest BCUT2D eigenvalue weighted by Gasteiger charge is -2.31. The summed E-state index contributed by atoms with van der Waals surface area (Å²) in [6, 6.07) is 12.0. The quantitative estimate of drug-likeness (QED) is 0.300. The van der Waals surface area contributed by atoms with Crippen LogP contribution in [0.2, 0.25) is 0 Å². The molecule has 1 saturated heterocycles. The molecule has 1 aromatic carbocycles. The van der Waals surface area contributed by atoms with Crippen molar-refractivity contribution in [3.05, 3.63) is 70.1 Å². The third-order valence-corrected chi connectivity index (χ3v) is 8.55. The minimum atomic E-state index is -0.124. The zero-order valence-corrected chi connectivity index (χ0v) is 21.6. The van der Waals surface area contributed by atoms with Crippen molar-refractivity contribution >= 4 is 46.7 Å². The fourth-order valence-electron chi connectivity index (χ4n) is 3.88. The van der Waals surface area contributed by atoms with Gasteiger partial charge in [0.1, 0.15) is 11.5 Å². The van der Waals surface area contributed by atoms with E-state index >= 15 is 0 Å². The van der Waals surface area contributed by atoms with E-state index in [1.807, 2.05) is 40.8 Å². The first-order valence-electron chi connectivity index (χ1n) is 11.4. The van der Waals surface area contributed by atoms with E-state index in [0.29, 0.717) is 24.6 Å². The number of furan rings is 1. The number of thioether (sulfide) groups is 2. The lowest BCUT2D eigenvalue weighted by atomic mass is 9.97. The van der Waals surface area contributed by atoms with Crippen LogP contribution in [0.1, 0.15) is 45.6 Å². The van der Waals surface area contributed by atoms with Crippen LogP contribution in [0.15, 0.2) is 57.4 Å². The van der Waals surface area contributed by atoms with E-state index in [2.05, 4.69) is 22.4 Å². The van der Waals surface area contributed by atoms with Gasteiger partial charge in [-0.15, -0.1) is 23.1 Å². The summed E-state index contributed by atoms with van der Waals surface area (Å²) in [5, 5.41) is 5.79. The minimum Gasteiger partial charge on any atom is -0.468 e. The number of piperidine rings is 1. The lowest BCUT2D eigenvalue weighted by molar-refractivity contribution is -0.131. The number of thiazole rings is 1. The summed E-state index contributed by atoms with van der Waals surface area (Å²) in [5.41, 5.74) is 1.54. The van der Waals surface area contributed by atoms with Gasteiger partial charge in [-0.25, -0.2) is 4.98 Å². The van der Waals surface area contributed by atoms with Crippen LogP contribution in [-0.4, -0.2) is 53.3 Å². The third-order valence-electron chi connectivity index (χ3n) is 5.82. The number of carbonyl (C=O) groups is 2. The van der Waals surface area contributed by atoms with E-state index in [9.17, 15) is 9.59 Å². The number of nitrogens with one attached hydrogen (secondary N) is 1. The molecule has 0 aliphatic carbocycles. The Balaban J connectivity index is 1.18. The molecule has 2 aromatic heterocycles. The molecule has 3 heterocycles. The van der Waals surface area contributed by atoms with E-state index in [-0.39, 0.29) is 11.8 Å². The number of benzene rings is 1. The van der Waals surface area contributed by atoms with Crippen LogP contribution in [0, 0.1) is 0 Å². The predicted molar refractivity (Wildman–Crippen MR) is 140 cm³/mol. The summed E-state index contributed by atoms with van der Waals surface area (Å²) in [6.45, 7) is 2.07. The molecule has 6 nitrogen and oxygen atoms in total. The zero-order chi connectivity index (χ0) is 23.8. The minimum absolute atomic E-state index is 0.124. The Labute approximate surface area is 212 Å².